The summed E-state index contributed by atoms with van der Waals surface area (Å²) in [5, 5.41) is 0. The summed E-state index contributed by atoms with van der Waals surface area (Å²) in [6.45, 7) is 7.01. The van der Waals surface area contributed by atoms with E-state index in [1.807, 2.05) is 20.8 Å². The maximum Gasteiger partial charge on any atom is 0.410 e. The second-order valence-electron chi connectivity index (χ2n) is 7.02. The van der Waals surface area contributed by atoms with Crippen molar-refractivity contribution in [3.63, 3.8) is 0 Å². The van der Waals surface area contributed by atoms with Crippen molar-refractivity contribution < 1.29 is 23.5 Å². The van der Waals surface area contributed by atoms with Crippen LogP contribution in [0.3, 0.4) is 0 Å². The lowest BCUT2D eigenvalue weighted by Gasteiger charge is -2.33. The molecule has 1 aromatic carbocycles. The Bertz CT molecular complexity index is 572. The average molecular weight is 337 g/mol. The Kier molecular flexibility index (Phi) is 5.80. The Labute approximate surface area is 141 Å². The highest BCUT2D eigenvalue weighted by Crippen LogP contribution is 2.20. The van der Waals surface area contributed by atoms with Crippen LogP contribution in [-0.4, -0.2) is 42.3 Å². The van der Waals surface area contributed by atoms with Crippen LogP contribution in [0.1, 0.15) is 44.0 Å². The molecule has 0 spiro atoms. The number of rotatable bonds is 3. The molecule has 24 heavy (non-hydrogen) atoms. The predicted octanol–water partition coefficient (Wildman–Crippen LogP) is 3.63. The molecule has 1 aliphatic rings. The molecule has 0 aromatic heterocycles. The van der Waals surface area contributed by atoms with Crippen molar-refractivity contribution >= 4 is 12.1 Å². The highest BCUT2D eigenvalue weighted by atomic mass is 19.1. The average Bonchev–Trinajstić information content (AvgIpc) is 2.52. The van der Waals surface area contributed by atoms with Gasteiger partial charge in [0, 0.05) is 13.1 Å². The molecule has 0 unspecified atom stereocenters. The Hall–Kier alpha value is -2.11. The predicted molar refractivity (Wildman–Crippen MR) is 87.2 cm³/mol. The largest absolute Gasteiger partial charge is 0.462 e. The quantitative estimate of drug-likeness (QED) is 0.790. The van der Waals surface area contributed by atoms with Gasteiger partial charge in [0.05, 0.1) is 12.2 Å². The lowest BCUT2D eigenvalue weighted by Crippen LogP contribution is -2.42. The molecule has 0 aliphatic carbocycles. The molecule has 0 saturated carbocycles. The van der Waals surface area contributed by atoms with Crippen LogP contribution in [-0.2, 0) is 9.47 Å². The molecule has 132 valence electrons. The molecular weight excluding hydrogens is 313 g/mol. The van der Waals surface area contributed by atoms with Gasteiger partial charge < -0.3 is 14.4 Å². The van der Waals surface area contributed by atoms with Crippen molar-refractivity contribution in [2.24, 2.45) is 5.92 Å². The molecule has 2 rings (SSSR count). The number of likely N-dealkylation sites (tertiary alicyclic amines) is 1. The second kappa shape index (κ2) is 7.64. The van der Waals surface area contributed by atoms with Gasteiger partial charge in [-0.2, -0.15) is 0 Å². The fourth-order valence-electron chi connectivity index (χ4n) is 2.47. The molecule has 1 saturated heterocycles. The number of piperidine rings is 1. The molecule has 6 heteroatoms. The third kappa shape index (κ3) is 5.51. The van der Waals surface area contributed by atoms with Crippen molar-refractivity contribution in [1.29, 1.82) is 0 Å². The maximum absolute atomic E-state index is 12.8. The number of esters is 1. The van der Waals surface area contributed by atoms with Crippen LogP contribution in [0.15, 0.2) is 24.3 Å². The van der Waals surface area contributed by atoms with Crippen LogP contribution in [0.5, 0.6) is 0 Å². The summed E-state index contributed by atoms with van der Waals surface area (Å²) < 4.78 is 23.5. The Morgan fingerprint density at radius 3 is 2.29 bits per heavy atom. The van der Waals surface area contributed by atoms with Gasteiger partial charge in [-0.1, -0.05) is 0 Å². The van der Waals surface area contributed by atoms with Crippen LogP contribution < -0.4 is 0 Å². The molecule has 5 nitrogen and oxygen atoms in total. The van der Waals surface area contributed by atoms with E-state index < -0.39 is 11.6 Å². The second-order valence-corrected chi connectivity index (χ2v) is 7.02. The first kappa shape index (κ1) is 18.2. The molecule has 0 bridgehead atoms. The van der Waals surface area contributed by atoms with E-state index in [9.17, 15) is 14.0 Å². The molecule has 1 aliphatic heterocycles. The number of amides is 1. The summed E-state index contributed by atoms with van der Waals surface area (Å²) >= 11 is 0. The Morgan fingerprint density at radius 1 is 1.17 bits per heavy atom. The van der Waals surface area contributed by atoms with Gasteiger partial charge in [-0.25, -0.2) is 14.0 Å². The SMILES string of the molecule is CC(C)(C)OC(=O)N1CCC(COC(=O)c2ccc(F)cc2)CC1. The summed E-state index contributed by atoms with van der Waals surface area (Å²) in [6.07, 6.45) is 1.22. The van der Waals surface area contributed by atoms with E-state index in [0.717, 1.165) is 12.8 Å². The summed E-state index contributed by atoms with van der Waals surface area (Å²) in [5.74, 6) is -0.626. The monoisotopic (exact) mass is 337 g/mol. The van der Waals surface area contributed by atoms with Crippen LogP contribution in [0.2, 0.25) is 0 Å². The van der Waals surface area contributed by atoms with E-state index in [-0.39, 0.29) is 17.8 Å². The highest BCUT2D eigenvalue weighted by molar-refractivity contribution is 5.89. The number of carbonyl (C=O) groups is 2. The van der Waals surface area contributed by atoms with Crippen LogP contribution in [0.25, 0.3) is 0 Å². The number of hydrogen-bond donors (Lipinski definition) is 0. The first-order valence-corrected chi connectivity index (χ1v) is 8.15. The van der Waals surface area contributed by atoms with Gasteiger partial charge in [-0.15, -0.1) is 0 Å². The fourth-order valence-corrected chi connectivity index (χ4v) is 2.47. The third-order valence-corrected chi connectivity index (χ3v) is 3.80. The summed E-state index contributed by atoms with van der Waals surface area (Å²) in [6, 6.07) is 5.28. The molecular formula is C18H24FNO4. The van der Waals surface area contributed by atoms with Crippen molar-refractivity contribution in [1.82, 2.24) is 4.90 Å². The maximum atomic E-state index is 12.8. The summed E-state index contributed by atoms with van der Waals surface area (Å²) in [4.78, 5) is 25.6. The van der Waals surface area contributed by atoms with E-state index in [4.69, 9.17) is 9.47 Å². The molecule has 0 radical (unpaired) electrons. The van der Waals surface area contributed by atoms with Gasteiger partial charge in [-0.05, 0) is 63.8 Å². The van der Waals surface area contributed by atoms with Crippen molar-refractivity contribution in [3.8, 4) is 0 Å². The molecule has 1 heterocycles. The van der Waals surface area contributed by atoms with Crippen LogP contribution in [0.4, 0.5) is 9.18 Å². The highest BCUT2D eigenvalue weighted by Gasteiger charge is 2.27. The Morgan fingerprint density at radius 2 is 1.75 bits per heavy atom. The molecule has 0 N–H and O–H groups in total. The molecule has 1 amide bonds. The van der Waals surface area contributed by atoms with Gasteiger partial charge in [0.1, 0.15) is 11.4 Å². The smallest absolute Gasteiger partial charge is 0.410 e. The zero-order chi connectivity index (χ0) is 17.7. The third-order valence-electron chi connectivity index (χ3n) is 3.80. The molecule has 1 aromatic rings. The minimum absolute atomic E-state index is 0.216. The first-order valence-electron chi connectivity index (χ1n) is 8.15. The number of nitrogens with zero attached hydrogens (tertiary/aromatic N) is 1. The normalized spacial score (nSPS) is 15.9. The zero-order valence-corrected chi connectivity index (χ0v) is 14.4. The van der Waals surface area contributed by atoms with Gasteiger partial charge in [0.25, 0.3) is 0 Å². The fraction of sp³-hybridized carbons (Fsp3) is 0.556. The minimum Gasteiger partial charge on any atom is -0.462 e. The number of ether oxygens (including phenoxy) is 2. The van der Waals surface area contributed by atoms with Crippen LogP contribution >= 0.6 is 0 Å². The van der Waals surface area contributed by atoms with Crippen molar-refractivity contribution in [3.05, 3.63) is 35.6 Å². The molecule has 1 fully saturated rings. The van der Waals surface area contributed by atoms with Crippen molar-refractivity contribution in [2.45, 2.75) is 39.2 Å². The summed E-state index contributed by atoms with van der Waals surface area (Å²) in [7, 11) is 0. The number of hydrogen-bond acceptors (Lipinski definition) is 4. The van der Waals surface area contributed by atoms with Crippen LogP contribution in [0, 0.1) is 11.7 Å². The van der Waals surface area contributed by atoms with E-state index >= 15 is 0 Å². The van der Waals surface area contributed by atoms with Crippen molar-refractivity contribution in [2.75, 3.05) is 19.7 Å². The van der Waals surface area contributed by atoms with Gasteiger partial charge in [-0.3, -0.25) is 0 Å². The lowest BCUT2D eigenvalue weighted by molar-refractivity contribution is 0.0115. The van der Waals surface area contributed by atoms with E-state index in [1.165, 1.54) is 24.3 Å². The lowest BCUT2D eigenvalue weighted by atomic mass is 9.98. The van der Waals surface area contributed by atoms with Gasteiger partial charge in [0.15, 0.2) is 0 Å². The Balaban J connectivity index is 1.74. The summed E-state index contributed by atoms with van der Waals surface area (Å²) in [5.41, 5.74) is -0.166. The van der Waals surface area contributed by atoms with E-state index in [0.29, 0.717) is 25.3 Å². The molecule has 0 atom stereocenters. The van der Waals surface area contributed by atoms with E-state index in [2.05, 4.69) is 0 Å². The minimum atomic E-state index is -0.501. The first-order chi connectivity index (χ1) is 11.2. The zero-order valence-electron chi connectivity index (χ0n) is 14.4. The van der Waals surface area contributed by atoms with Gasteiger partial charge in [0.2, 0.25) is 0 Å². The number of benzene rings is 1. The van der Waals surface area contributed by atoms with E-state index in [1.54, 1.807) is 4.90 Å². The number of halogens is 1. The topological polar surface area (TPSA) is 55.8 Å². The van der Waals surface area contributed by atoms with Gasteiger partial charge >= 0.3 is 12.1 Å². The number of carbonyl (C=O) groups excluding carboxylic acids is 2. The standard InChI is InChI=1S/C18H24FNO4/c1-18(2,3)24-17(22)20-10-8-13(9-11-20)12-23-16(21)14-4-6-15(19)7-5-14/h4-7,13H,8-12H2,1-3H3.